The van der Waals surface area contributed by atoms with Crippen LogP contribution in [0.3, 0.4) is 0 Å². The Bertz CT molecular complexity index is 238. The van der Waals surface area contributed by atoms with E-state index in [1.54, 1.807) is 7.11 Å². The summed E-state index contributed by atoms with van der Waals surface area (Å²) in [4.78, 5) is 1.99. The molecule has 1 aromatic rings. The Morgan fingerprint density at radius 1 is 1.33 bits per heavy atom. The van der Waals surface area contributed by atoms with Crippen molar-refractivity contribution in [3.63, 3.8) is 0 Å². The second-order valence-corrected chi connectivity index (χ2v) is 2.50. The van der Waals surface area contributed by atoms with E-state index in [1.165, 1.54) is 0 Å². The van der Waals surface area contributed by atoms with Gasteiger partial charge in [-0.25, -0.2) is 0 Å². The van der Waals surface area contributed by atoms with Crippen LogP contribution in [-0.2, 0) is 0 Å². The average molecular weight is 157 g/mol. The maximum Gasteiger partial charge on any atom is 1.00 e. The molecule has 0 saturated carbocycles. The number of benzene rings is 1. The molecule has 0 unspecified atom stereocenters. The first-order chi connectivity index (χ1) is 5.24. The van der Waals surface area contributed by atoms with Crippen molar-refractivity contribution in [2.75, 3.05) is 26.1 Å². The Morgan fingerprint density at radius 2 is 2.00 bits per heavy atom. The molecule has 0 saturated heterocycles. The van der Waals surface area contributed by atoms with E-state index in [1.807, 2.05) is 37.2 Å². The van der Waals surface area contributed by atoms with Crippen LogP contribution in [0.25, 0.3) is 0 Å². The summed E-state index contributed by atoms with van der Waals surface area (Å²) in [5.74, 6) is 0.774. The minimum absolute atomic E-state index is 0. The van der Waals surface area contributed by atoms with E-state index >= 15 is 0 Å². The minimum Gasteiger partial charge on any atom is -0.523 e. The molecule has 0 aliphatic heterocycles. The summed E-state index contributed by atoms with van der Waals surface area (Å²) in [5, 5.41) is 0. The third kappa shape index (κ3) is 2.81. The molecule has 3 heteroatoms. The monoisotopic (exact) mass is 157 g/mol. The van der Waals surface area contributed by atoms with Gasteiger partial charge in [-0.05, 0) is 0 Å². The first-order valence-corrected chi connectivity index (χ1v) is 3.47. The van der Waals surface area contributed by atoms with Crippen molar-refractivity contribution in [1.82, 2.24) is 0 Å². The van der Waals surface area contributed by atoms with E-state index in [9.17, 15) is 0 Å². The smallest absolute Gasteiger partial charge is 0.523 e. The Hall–Kier alpha value is -0.583. The molecular weight excluding hydrogens is 145 g/mol. The molecule has 0 aromatic heterocycles. The Labute approximate surface area is 85.7 Å². The van der Waals surface area contributed by atoms with Gasteiger partial charge in [0.1, 0.15) is 0 Å². The van der Waals surface area contributed by atoms with Gasteiger partial charge in [0.05, 0.1) is 7.11 Å². The molecule has 0 spiro atoms. The van der Waals surface area contributed by atoms with Gasteiger partial charge in [0.15, 0.2) is 0 Å². The molecular formula is C9H12LiNO. The van der Waals surface area contributed by atoms with Crippen molar-refractivity contribution >= 4 is 5.69 Å². The second kappa shape index (κ2) is 5.13. The number of hydrogen-bond donors (Lipinski definition) is 0. The predicted molar refractivity (Wildman–Crippen MR) is 46.2 cm³/mol. The molecule has 60 valence electrons. The van der Waals surface area contributed by atoms with Crippen molar-refractivity contribution in [3.8, 4) is 5.75 Å². The van der Waals surface area contributed by atoms with Crippen LogP contribution in [0.4, 0.5) is 5.69 Å². The second-order valence-electron chi connectivity index (χ2n) is 2.50. The maximum atomic E-state index is 5.02. The van der Waals surface area contributed by atoms with Crippen LogP contribution >= 0.6 is 0 Å². The van der Waals surface area contributed by atoms with Crippen molar-refractivity contribution in [2.24, 2.45) is 0 Å². The summed E-state index contributed by atoms with van der Waals surface area (Å²) >= 11 is 0. The topological polar surface area (TPSA) is 12.5 Å². The van der Waals surface area contributed by atoms with E-state index < -0.39 is 0 Å². The van der Waals surface area contributed by atoms with E-state index in [0.717, 1.165) is 11.4 Å². The van der Waals surface area contributed by atoms with Gasteiger partial charge in [0, 0.05) is 19.8 Å². The average Bonchev–Trinajstić information content (AvgIpc) is 2.05. The van der Waals surface area contributed by atoms with Crippen LogP contribution in [0, 0.1) is 6.07 Å². The number of ether oxygens (including phenoxy) is 1. The SMILES string of the molecule is COc1[c-]c(N(C)C)ccc1.[Li+]. The van der Waals surface area contributed by atoms with E-state index in [0.29, 0.717) is 0 Å². The minimum atomic E-state index is 0. The normalized spacial score (nSPS) is 8.58. The van der Waals surface area contributed by atoms with E-state index in [-0.39, 0.29) is 18.9 Å². The van der Waals surface area contributed by atoms with Gasteiger partial charge in [0.25, 0.3) is 0 Å². The summed E-state index contributed by atoms with van der Waals surface area (Å²) in [6.07, 6.45) is 0. The molecule has 0 heterocycles. The van der Waals surface area contributed by atoms with Gasteiger partial charge < -0.3 is 9.64 Å². The maximum absolute atomic E-state index is 5.02. The van der Waals surface area contributed by atoms with Crippen molar-refractivity contribution in [1.29, 1.82) is 0 Å². The summed E-state index contributed by atoms with van der Waals surface area (Å²) in [6.45, 7) is 0. The van der Waals surface area contributed by atoms with E-state index in [2.05, 4.69) is 6.07 Å². The van der Waals surface area contributed by atoms with Gasteiger partial charge in [-0.1, -0.05) is 5.69 Å². The molecule has 1 aromatic carbocycles. The zero-order chi connectivity index (χ0) is 8.27. The zero-order valence-electron chi connectivity index (χ0n) is 8.09. The quantitative estimate of drug-likeness (QED) is 0.385. The van der Waals surface area contributed by atoms with Gasteiger partial charge in [-0.15, -0.1) is 18.2 Å². The number of hydrogen-bond acceptors (Lipinski definition) is 2. The first-order valence-electron chi connectivity index (χ1n) is 3.47. The summed E-state index contributed by atoms with van der Waals surface area (Å²) < 4.78 is 5.02. The van der Waals surface area contributed by atoms with Crippen molar-refractivity contribution < 1.29 is 23.6 Å². The van der Waals surface area contributed by atoms with Crippen LogP contribution in [0.1, 0.15) is 0 Å². The molecule has 0 atom stereocenters. The first kappa shape index (κ1) is 11.4. The van der Waals surface area contributed by atoms with Gasteiger partial charge >= 0.3 is 18.9 Å². The molecule has 0 aliphatic rings. The van der Waals surface area contributed by atoms with Crippen molar-refractivity contribution in [2.45, 2.75) is 0 Å². The fourth-order valence-corrected chi connectivity index (χ4v) is 0.816. The van der Waals surface area contributed by atoms with Crippen LogP contribution in [0.15, 0.2) is 18.2 Å². The van der Waals surface area contributed by atoms with E-state index in [4.69, 9.17) is 4.74 Å². The predicted octanol–water partition coefficient (Wildman–Crippen LogP) is -1.43. The van der Waals surface area contributed by atoms with Crippen LogP contribution in [0.2, 0.25) is 0 Å². The molecule has 0 aliphatic carbocycles. The summed E-state index contributed by atoms with van der Waals surface area (Å²) in [5.41, 5.74) is 1.03. The molecule has 0 N–H and O–H groups in total. The standard InChI is InChI=1S/C9H12NO.Li/c1-10(2)8-5-4-6-9(7-8)11-3;/h4-6H,1-3H3;/q-1;+1. The van der Waals surface area contributed by atoms with Crippen LogP contribution in [0.5, 0.6) is 5.75 Å². The Balaban J connectivity index is 0.00000121. The van der Waals surface area contributed by atoms with Gasteiger partial charge in [0.2, 0.25) is 0 Å². The summed E-state index contributed by atoms with van der Waals surface area (Å²) in [6, 6.07) is 8.92. The Morgan fingerprint density at radius 3 is 2.50 bits per heavy atom. The Kier molecular flexibility index (Phi) is 4.88. The fourth-order valence-electron chi connectivity index (χ4n) is 0.816. The van der Waals surface area contributed by atoms with Gasteiger partial charge in [-0.2, -0.15) is 6.07 Å². The van der Waals surface area contributed by atoms with Gasteiger partial charge in [-0.3, -0.25) is 0 Å². The molecule has 1 rings (SSSR count). The number of nitrogens with zero attached hydrogens (tertiary/aromatic N) is 1. The molecule has 0 bridgehead atoms. The molecule has 0 radical (unpaired) electrons. The number of methoxy groups -OCH3 is 1. The summed E-state index contributed by atoms with van der Waals surface area (Å²) in [7, 11) is 5.60. The third-order valence-electron chi connectivity index (χ3n) is 1.45. The third-order valence-corrected chi connectivity index (χ3v) is 1.45. The van der Waals surface area contributed by atoms with Crippen LogP contribution < -0.4 is 28.5 Å². The zero-order valence-corrected chi connectivity index (χ0v) is 8.09. The molecule has 0 amide bonds. The largest absolute Gasteiger partial charge is 1.00 e. The van der Waals surface area contributed by atoms with Crippen LogP contribution in [-0.4, -0.2) is 21.2 Å². The van der Waals surface area contributed by atoms with Crippen molar-refractivity contribution in [3.05, 3.63) is 24.3 Å². The fraction of sp³-hybridized carbons (Fsp3) is 0.333. The number of rotatable bonds is 2. The number of anilines is 1. The molecule has 2 nitrogen and oxygen atoms in total. The molecule has 12 heavy (non-hydrogen) atoms. The molecule has 0 fully saturated rings.